The van der Waals surface area contributed by atoms with E-state index in [9.17, 15) is 0 Å². The zero-order valence-corrected chi connectivity index (χ0v) is 21.9. The molecule has 41 heavy (non-hydrogen) atoms. The lowest BCUT2D eigenvalue weighted by Crippen LogP contribution is -1.98. The third kappa shape index (κ3) is 3.05. The van der Waals surface area contributed by atoms with Gasteiger partial charge in [-0.15, -0.1) is 6.42 Å². The molecule has 190 valence electrons. The van der Waals surface area contributed by atoms with Gasteiger partial charge < -0.3 is 13.4 Å². The lowest BCUT2D eigenvalue weighted by Gasteiger charge is -2.15. The number of rotatable bonds is 2. The molecule has 0 spiro atoms. The number of hydrogen-bond acceptors (Lipinski definition) is 2. The van der Waals surface area contributed by atoms with E-state index in [1.165, 1.54) is 0 Å². The number of furan rings is 2. The summed E-state index contributed by atoms with van der Waals surface area (Å²) in [6, 6.07) is 42.0. The Morgan fingerprint density at radius 1 is 0.537 bits per heavy atom. The highest BCUT2D eigenvalue weighted by atomic mass is 16.3. The summed E-state index contributed by atoms with van der Waals surface area (Å²) in [5, 5.41) is 6.68. The predicted octanol–water partition coefficient (Wildman–Crippen LogP) is 10.2. The van der Waals surface area contributed by atoms with Crippen molar-refractivity contribution in [2.45, 2.75) is 0 Å². The van der Waals surface area contributed by atoms with Gasteiger partial charge in [0.15, 0.2) is 0 Å². The third-order valence-electron chi connectivity index (χ3n) is 8.27. The van der Waals surface area contributed by atoms with Crippen molar-refractivity contribution >= 4 is 65.7 Å². The molecule has 3 aromatic heterocycles. The number of nitrogens with zero attached hydrogens (tertiary/aromatic N) is 1. The van der Waals surface area contributed by atoms with Gasteiger partial charge in [0.2, 0.25) is 0 Å². The van der Waals surface area contributed by atoms with Crippen LogP contribution < -0.4 is 0 Å². The summed E-state index contributed by atoms with van der Waals surface area (Å²) < 4.78 is 15.0. The van der Waals surface area contributed by atoms with Crippen molar-refractivity contribution in [3.63, 3.8) is 0 Å². The molecular formula is C38H21NO2. The topological polar surface area (TPSA) is 31.2 Å². The van der Waals surface area contributed by atoms with Gasteiger partial charge in [0.25, 0.3) is 0 Å². The fourth-order valence-corrected chi connectivity index (χ4v) is 6.44. The van der Waals surface area contributed by atoms with Crippen molar-refractivity contribution in [3.05, 3.63) is 127 Å². The van der Waals surface area contributed by atoms with Gasteiger partial charge in [0, 0.05) is 38.1 Å². The molecule has 3 heteroatoms. The Hall–Kier alpha value is -5.72. The zero-order chi connectivity index (χ0) is 27.1. The Labute approximate surface area is 234 Å². The van der Waals surface area contributed by atoms with E-state index in [1.807, 2.05) is 36.4 Å². The summed E-state index contributed by atoms with van der Waals surface area (Å²) in [7, 11) is 0. The maximum atomic E-state index is 6.51. The van der Waals surface area contributed by atoms with Gasteiger partial charge in [0.1, 0.15) is 22.3 Å². The van der Waals surface area contributed by atoms with E-state index in [4.69, 9.17) is 15.3 Å². The molecule has 0 aliphatic rings. The molecule has 0 unspecified atom stereocenters. The fraction of sp³-hybridized carbons (Fsp3) is 0. The third-order valence-corrected chi connectivity index (χ3v) is 8.27. The van der Waals surface area contributed by atoms with Gasteiger partial charge >= 0.3 is 0 Å². The summed E-state index contributed by atoms with van der Waals surface area (Å²) in [6.07, 6.45) is 5.94. The van der Waals surface area contributed by atoms with Crippen LogP contribution in [0.3, 0.4) is 0 Å². The Morgan fingerprint density at radius 2 is 1.24 bits per heavy atom. The quantitative estimate of drug-likeness (QED) is 0.211. The zero-order valence-electron chi connectivity index (χ0n) is 21.9. The van der Waals surface area contributed by atoms with E-state index >= 15 is 0 Å². The van der Waals surface area contributed by atoms with Gasteiger partial charge in [-0.1, -0.05) is 72.7 Å². The normalized spacial score (nSPS) is 11.9. The molecule has 0 aliphatic carbocycles. The molecule has 0 atom stereocenters. The smallest absolute Gasteiger partial charge is 0.145 e. The molecule has 0 amide bonds. The molecular weight excluding hydrogens is 502 g/mol. The highest BCUT2D eigenvalue weighted by molar-refractivity contribution is 6.24. The van der Waals surface area contributed by atoms with Gasteiger partial charge in [-0.05, 0) is 60.2 Å². The second kappa shape index (κ2) is 8.14. The molecule has 0 fully saturated rings. The molecule has 0 bridgehead atoms. The minimum Gasteiger partial charge on any atom is -0.456 e. The number of benzene rings is 6. The van der Waals surface area contributed by atoms with Crippen LogP contribution in [-0.2, 0) is 0 Å². The Balaban J connectivity index is 1.40. The standard InChI is InChI=1S/C38H21NO2/c1-2-23-15-17-25(24-16-20-36-30(22-24)27-10-5-7-13-34(27)40-36)33(21-23)39-31-12-6-3-11-29(31)37-32(39)19-18-28-26-9-4-8-14-35(26)41-38(28)37/h1,3-22H. The first-order valence-corrected chi connectivity index (χ1v) is 13.6. The maximum Gasteiger partial charge on any atom is 0.145 e. The summed E-state index contributed by atoms with van der Waals surface area (Å²) in [5.41, 5.74) is 9.76. The van der Waals surface area contributed by atoms with Crippen LogP contribution in [0, 0.1) is 12.3 Å². The van der Waals surface area contributed by atoms with E-state index in [0.717, 1.165) is 88.1 Å². The van der Waals surface area contributed by atoms with Crippen LogP contribution >= 0.6 is 0 Å². The van der Waals surface area contributed by atoms with Gasteiger partial charge in [-0.3, -0.25) is 0 Å². The second-order valence-electron chi connectivity index (χ2n) is 10.5. The van der Waals surface area contributed by atoms with Crippen LogP contribution in [0.25, 0.3) is 82.5 Å². The summed E-state index contributed by atoms with van der Waals surface area (Å²) in [5.74, 6) is 2.85. The monoisotopic (exact) mass is 523 g/mol. The number of para-hydroxylation sites is 3. The molecule has 0 radical (unpaired) electrons. The van der Waals surface area contributed by atoms with E-state index in [2.05, 4.69) is 95.4 Å². The van der Waals surface area contributed by atoms with Gasteiger partial charge in [-0.2, -0.15) is 0 Å². The summed E-state index contributed by atoms with van der Waals surface area (Å²) in [4.78, 5) is 0. The lowest BCUT2D eigenvalue weighted by atomic mass is 9.99. The summed E-state index contributed by atoms with van der Waals surface area (Å²) >= 11 is 0. The van der Waals surface area contributed by atoms with E-state index < -0.39 is 0 Å². The molecule has 0 N–H and O–H groups in total. The first kappa shape index (κ1) is 22.1. The molecule has 6 aromatic carbocycles. The van der Waals surface area contributed by atoms with Crippen LogP contribution in [0.4, 0.5) is 0 Å². The highest BCUT2D eigenvalue weighted by Crippen LogP contribution is 2.42. The van der Waals surface area contributed by atoms with Crippen LogP contribution in [0.5, 0.6) is 0 Å². The minimum absolute atomic E-state index is 0.828. The van der Waals surface area contributed by atoms with Crippen molar-refractivity contribution in [3.8, 4) is 29.2 Å². The molecule has 9 rings (SSSR count). The van der Waals surface area contributed by atoms with Gasteiger partial charge in [-0.25, -0.2) is 0 Å². The van der Waals surface area contributed by atoms with Crippen molar-refractivity contribution in [1.29, 1.82) is 0 Å². The Kier molecular flexibility index (Phi) is 4.40. The van der Waals surface area contributed by atoms with E-state index in [0.29, 0.717) is 0 Å². The molecule has 0 saturated carbocycles. The average molecular weight is 524 g/mol. The second-order valence-corrected chi connectivity index (χ2v) is 10.5. The minimum atomic E-state index is 0.828. The van der Waals surface area contributed by atoms with Gasteiger partial charge in [0.05, 0.1) is 22.1 Å². The SMILES string of the molecule is C#Cc1ccc(-c2ccc3oc4ccccc4c3c2)c(-n2c3ccccc3c3c4oc5ccccc5c4ccc32)c1. The Morgan fingerprint density at radius 3 is 2.07 bits per heavy atom. The molecule has 0 aliphatic heterocycles. The maximum absolute atomic E-state index is 6.51. The molecule has 0 saturated heterocycles. The van der Waals surface area contributed by atoms with Crippen molar-refractivity contribution in [2.75, 3.05) is 0 Å². The Bertz CT molecular complexity index is 2550. The van der Waals surface area contributed by atoms with E-state index in [1.54, 1.807) is 0 Å². The average Bonchev–Trinajstić information content (AvgIpc) is 3.69. The lowest BCUT2D eigenvalue weighted by molar-refractivity contribution is 0.669. The molecule has 3 nitrogen and oxygen atoms in total. The number of aromatic nitrogens is 1. The fourth-order valence-electron chi connectivity index (χ4n) is 6.44. The van der Waals surface area contributed by atoms with Crippen molar-refractivity contribution in [2.24, 2.45) is 0 Å². The van der Waals surface area contributed by atoms with Crippen LogP contribution in [0.2, 0.25) is 0 Å². The first-order chi connectivity index (χ1) is 20.3. The predicted molar refractivity (Wildman–Crippen MR) is 169 cm³/mol. The first-order valence-electron chi connectivity index (χ1n) is 13.6. The number of terminal acetylenes is 1. The highest BCUT2D eigenvalue weighted by Gasteiger charge is 2.21. The van der Waals surface area contributed by atoms with Crippen LogP contribution in [0.15, 0.2) is 130 Å². The van der Waals surface area contributed by atoms with Crippen LogP contribution in [0.1, 0.15) is 5.56 Å². The van der Waals surface area contributed by atoms with Crippen molar-refractivity contribution < 1.29 is 8.83 Å². The summed E-state index contributed by atoms with van der Waals surface area (Å²) in [6.45, 7) is 0. The largest absolute Gasteiger partial charge is 0.456 e. The van der Waals surface area contributed by atoms with Crippen LogP contribution in [-0.4, -0.2) is 4.57 Å². The number of hydrogen-bond donors (Lipinski definition) is 0. The molecule has 9 aromatic rings. The molecule has 3 heterocycles. The number of fused-ring (bicyclic) bond motifs is 10. The van der Waals surface area contributed by atoms with E-state index in [-0.39, 0.29) is 0 Å². The van der Waals surface area contributed by atoms with Crippen molar-refractivity contribution in [1.82, 2.24) is 4.57 Å².